The molecule has 0 aromatic heterocycles. The van der Waals surface area contributed by atoms with Gasteiger partial charge in [-0.2, -0.15) is 0 Å². The predicted molar refractivity (Wildman–Crippen MR) is 84.1 cm³/mol. The molecule has 1 aromatic carbocycles. The molecule has 1 N–H and O–H groups in total. The van der Waals surface area contributed by atoms with Crippen LogP contribution in [0, 0.1) is 0 Å². The highest BCUT2D eigenvalue weighted by Crippen LogP contribution is 2.17. The van der Waals surface area contributed by atoms with Crippen LogP contribution in [0.1, 0.15) is 58.8 Å². The minimum atomic E-state index is 0.793. The number of ether oxygens (including phenoxy) is 1. The van der Waals surface area contributed by atoms with E-state index in [4.69, 9.17) is 4.74 Å². The molecule has 19 heavy (non-hydrogen) atoms. The van der Waals surface area contributed by atoms with E-state index < -0.39 is 0 Å². The molecule has 1 rings (SSSR count). The molecule has 0 amide bonds. The second-order valence-corrected chi connectivity index (χ2v) is 5.07. The molecule has 0 bridgehead atoms. The molecule has 0 saturated heterocycles. The van der Waals surface area contributed by atoms with Gasteiger partial charge in [-0.15, -0.1) is 0 Å². The Morgan fingerprint density at radius 3 is 2.53 bits per heavy atom. The van der Waals surface area contributed by atoms with Gasteiger partial charge >= 0.3 is 0 Å². The molecule has 2 heteroatoms. The highest BCUT2D eigenvalue weighted by Gasteiger charge is 1.96. The first-order valence-electron chi connectivity index (χ1n) is 7.83. The van der Waals surface area contributed by atoms with Gasteiger partial charge in [0.05, 0.1) is 6.61 Å². The van der Waals surface area contributed by atoms with Crippen LogP contribution in [0.4, 0.5) is 5.69 Å². The third-order valence-electron chi connectivity index (χ3n) is 3.17. The monoisotopic (exact) mass is 263 g/mol. The minimum Gasteiger partial charge on any atom is -0.494 e. The molecule has 0 aliphatic carbocycles. The van der Waals surface area contributed by atoms with Crippen LogP contribution in [0.3, 0.4) is 0 Å². The smallest absolute Gasteiger partial charge is 0.121 e. The zero-order chi connectivity index (χ0) is 13.8. The molecule has 0 heterocycles. The third kappa shape index (κ3) is 7.76. The van der Waals surface area contributed by atoms with E-state index in [-0.39, 0.29) is 0 Å². The molecule has 1 aromatic rings. The van der Waals surface area contributed by atoms with Crippen LogP contribution in [-0.2, 0) is 0 Å². The van der Waals surface area contributed by atoms with E-state index in [1.165, 1.54) is 44.2 Å². The molecular weight excluding hydrogens is 234 g/mol. The fourth-order valence-corrected chi connectivity index (χ4v) is 2.05. The molecule has 2 nitrogen and oxygen atoms in total. The molecule has 0 spiro atoms. The molecule has 0 fully saturated rings. The van der Waals surface area contributed by atoms with E-state index >= 15 is 0 Å². The van der Waals surface area contributed by atoms with Crippen molar-refractivity contribution in [3.05, 3.63) is 24.3 Å². The van der Waals surface area contributed by atoms with Crippen molar-refractivity contribution >= 4 is 5.69 Å². The Kier molecular flexibility index (Phi) is 8.95. The highest BCUT2D eigenvalue weighted by molar-refractivity contribution is 5.48. The van der Waals surface area contributed by atoms with Crippen molar-refractivity contribution in [1.29, 1.82) is 0 Å². The van der Waals surface area contributed by atoms with Crippen LogP contribution in [0.2, 0.25) is 0 Å². The number of unbranched alkanes of at least 4 members (excludes halogenated alkanes) is 5. The van der Waals surface area contributed by atoms with E-state index in [9.17, 15) is 0 Å². The summed E-state index contributed by atoms with van der Waals surface area (Å²) in [6.45, 7) is 6.24. The topological polar surface area (TPSA) is 21.3 Å². The first-order chi connectivity index (χ1) is 9.36. The van der Waals surface area contributed by atoms with Crippen molar-refractivity contribution in [2.45, 2.75) is 58.8 Å². The van der Waals surface area contributed by atoms with Gasteiger partial charge < -0.3 is 10.1 Å². The van der Waals surface area contributed by atoms with E-state index in [1.54, 1.807) is 0 Å². The summed E-state index contributed by atoms with van der Waals surface area (Å²) in [5.41, 5.74) is 1.17. The summed E-state index contributed by atoms with van der Waals surface area (Å²) < 4.78 is 5.63. The third-order valence-corrected chi connectivity index (χ3v) is 3.17. The van der Waals surface area contributed by atoms with Crippen LogP contribution >= 0.6 is 0 Å². The van der Waals surface area contributed by atoms with E-state index in [0.29, 0.717) is 0 Å². The van der Waals surface area contributed by atoms with Crippen molar-refractivity contribution in [3.63, 3.8) is 0 Å². The second-order valence-electron chi connectivity index (χ2n) is 5.07. The average molecular weight is 263 g/mol. The fourth-order valence-electron chi connectivity index (χ4n) is 2.05. The fraction of sp³-hybridized carbons (Fsp3) is 0.647. The maximum atomic E-state index is 5.63. The number of rotatable bonds is 11. The molecular formula is C17H29NO. The highest BCUT2D eigenvalue weighted by atomic mass is 16.5. The summed E-state index contributed by atoms with van der Waals surface area (Å²) in [4.78, 5) is 0. The summed E-state index contributed by atoms with van der Waals surface area (Å²) in [7, 11) is 0. The molecule has 0 radical (unpaired) electrons. The average Bonchev–Trinajstić information content (AvgIpc) is 2.44. The standard InChI is InChI=1S/C17H29NO/c1-3-5-6-7-8-9-13-18-16-11-10-12-17(15-16)19-14-4-2/h10-12,15,18H,3-9,13-14H2,1-2H3. The van der Waals surface area contributed by atoms with Gasteiger partial charge in [0.1, 0.15) is 5.75 Å². The Hall–Kier alpha value is -1.18. The van der Waals surface area contributed by atoms with Gasteiger partial charge in [0, 0.05) is 18.3 Å². The Labute approximate surface area is 118 Å². The summed E-state index contributed by atoms with van der Waals surface area (Å²) in [5, 5.41) is 3.47. The van der Waals surface area contributed by atoms with Crippen LogP contribution in [0.15, 0.2) is 24.3 Å². The quantitative estimate of drug-likeness (QED) is 0.551. The number of benzene rings is 1. The van der Waals surface area contributed by atoms with Gasteiger partial charge in [-0.3, -0.25) is 0 Å². The molecule has 0 aliphatic heterocycles. The molecule has 0 aliphatic rings. The van der Waals surface area contributed by atoms with Gasteiger partial charge in [-0.1, -0.05) is 52.0 Å². The van der Waals surface area contributed by atoms with Crippen LogP contribution in [0.25, 0.3) is 0 Å². The first kappa shape index (κ1) is 15.9. The Bertz CT molecular complexity index is 325. The number of hydrogen-bond donors (Lipinski definition) is 1. The SMILES string of the molecule is CCCCCCCCNc1cccc(OCCC)c1. The van der Waals surface area contributed by atoms with Crippen LogP contribution < -0.4 is 10.1 Å². The zero-order valence-corrected chi connectivity index (χ0v) is 12.6. The molecule has 0 atom stereocenters. The predicted octanol–water partition coefficient (Wildman–Crippen LogP) is 5.25. The van der Waals surface area contributed by atoms with Crippen molar-refractivity contribution in [1.82, 2.24) is 0 Å². The van der Waals surface area contributed by atoms with Crippen molar-refractivity contribution < 1.29 is 4.74 Å². The summed E-state index contributed by atoms with van der Waals surface area (Å²) in [6.07, 6.45) is 9.09. The lowest BCUT2D eigenvalue weighted by Crippen LogP contribution is -2.02. The first-order valence-corrected chi connectivity index (χ1v) is 7.83. The maximum Gasteiger partial charge on any atom is 0.121 e. The lowest BCUT2D eigenvalue weighted by atomic mass is 10.1. The number of nitrogens with one attached hydrogen (secondary N) is 1. The van der Waals surface area contributed by atoms with Crippen molar-refractivity contribution in [3.8, 4) is 5.75 Å². The molecule has 0 unspecified atom stereocenters. The number of anilines is 1. The normalized spacial score (nSPS) is 10.4. The second kappa shape index (κ2) is 10.7. The molecule has 108 valence electrons. The Balaban J connectivity index is 2.14. The minimum absolute atomic E-state index is 0.793. The maximum absolute atomic E-state index is 5.63. The Morgan fingerprint density at radius 1 is 0.947 bits per heavy atom. The van der Waals surface area contributed by atoms with Crippen LogP contribution in [0.5, 0.6) is 5.75 Å². The lowest BCUT2D eigenvalue weighted by Gasteiger charge is -2.09. The summed E-state index contributed by atoms with van der Waals surface area (Å²) in [6, 6.07) is 8.27. The summed E-state index contributed by atoms with van der Waals surface area (Å²) >= 11 is 0. The van der Waals surface area contributed by atoms with Gasteiger partial charge in [0.25, 0.3) is 0 Å². The van der Waals surface area contributed by atoms with Crippen molar-refractivity contribution in [2.24, 2.45) is 0 Å². The number of hydrogen-bond acceptors (Lipinski definition) is 2. The van der Waals surface area contributed by atoms with Crippen LogP contribution in [-0.4, -0.2) is 13.2 Å². The largest absolute Gasteiger partial charge is 0.494 e. The van der Waals surface area contributed by atoms with E-state index in [0.717, 1.165) is 25.3 Å². The summed E-state index contributed by atoms with van der Waals surface area (Å²) in [5.74, 6) is 0.967. The van der Waals surface area contributed by atoms with E-state index in [2.05, 4.69) is 37.4 Å². The Morgan fingerprint density at radius 2 is 1.74 bits per heavy atom. The van der Waals surface area contributed by atoms with Gasteiger partial charge in [0.15, 0.2) is 0 Å². The van der Waals surface area contributed by atoms with Gasteiger partial charge in [-0.05, 0) is 25.0 Å². The molecule has 0 saturated carbocycles. The van der Waals surface area contributed by atoms with Crippen molar-refractivity contribution in [2.75, 3.05) is 18.5 Å². The van der Waals surface area contributed by atoms with Gasteiger partial charge in [0.2, 0.25) is 0 Å². The zero-order valence-electron chi connectivity index (χ0n) is 12.6. The van der Waals surface area contributed by atoms with E-state index in [1.807, 2.05) is 6.07 Å². The lowest BCUT2D eigenvalue weighted by molar-refractivity contribution is 0.317. The van der Waals surface area contributed by atoms with Gasteiger partial charge in [-0.25, -0.2) is 0 Å².